The van der Waals surface area contributed by atoms with Crippen LogP contribution in [0.1, 0.15) is 17.2 Å². The van der Waals surface area contributed by atoms with Crippen LogP contribution in [0.25, 0.3) is 11.0 Å². The molecule has 5 heteroatoms. The number of aryl methyl sites for hydroxylation is 3. The maximum atomic E-state index is 4.58. The number of para-hydroxylation sites is 2. The third-order valence-electron chi connectivity index (χ3n) is 3.60. The van der Waals surface area contributed by atoms with Gasteiger partial charge in [-0.15, -0.1) is 0 Å². The molecule has 0 spiro atoms. The third kappa shape index (κ3) is 1.91. The van der Waals surface area contributed by atoms with E-state index in [1.807, 2.05) is 55.4 Å². The first-order valence-electron chi connectivity index (χ1n) is 6.53. The van der Waals surface area contributed by atoms with Crippen LogP contribution in [0.3, 0.4) is 0 Å². The lowest BCUT2D eigenvalue weighted by Crippen LogP contribution is -1.96. The zero-order valence-corrected chi connectivity index (χ0v) is 12.1. The molecule has 2 heterocycles. The molecular formula is C15H17N5. The third-order valence-corrected chi connectivity index (χ3v) is 3.60. The Morgan fingerprint density at radius 2 is 1.90 bits per heavy atom. The van der Waals surface area contributed by atoms with E-state index in [0.29, 0.717) is 0 Å². The molecule has 2 aromatic heterocycles. The van der Waals surface area contributed by atoms with Crippen LogP contribution >= 0.6 is 0 Å². The van der Waals surface area contributed by atoms with Crippen molar-refractivity contribution in [2.24, 2.45) is 19.1 Å². The number of hydrogen-bond donors (Lipinski definition) is 0. The number of imidazole rings is 1. The summed E-state index contributed by atoms with van der Waals surface area (Å²) < 4.78 is 3.89. The second-order valence-electron chi connectivity index (χ2n) is 4.92. The van der Waals surface area contributed by atoms with Crippen LogP contribution in [-0.2, 0) is 14.1 Å². The lowest BCUT2D eigenvalue weighted by molar-refractivity contribution is 0.731. The van der Waals surface area contributed by atoms with E-state index in [-0.39, 0.29) is 0 Å². The fourth-order valence-electron chi connectivity index (χ4n) is 2.35. The molecule has 3 aromatic rings. The highest BCUT2D eigenvalue weighted by molar-refractivity contribution is 5.86. The molecule has 0 aliphatic rings. The van der Waals surface area contributed by atoms with Gasteiger partial charge in [0.1, 0.15) is 5.69 Å². The molecule has 0 aliphatic carbocycles. The molecular weight excluding hydrogens is 250 g/mol. The van der Waals surface area contributed by atoms with Crippen molar-refractivity contribution in [1.82, 2.24) is 19.3 Å². The average Bonchev–Trinajstić information content (AvgIpc) is 2.87. The van der Waals surface area contributed by atoms with Crippen molar-refractivity contribution in [2.45, 2.75) is 13.8 Å². The Morgan fingerprint density at radius 1 is 1.15 bits per heavy atom. The highest BCUT2D eigenvalue weighted by Crippen LogP contribution is 2.22. The number of aromatic nitrogens is 4. The zero-order chi connectivity index (χ0) is 14.3. The molecule has 0 unspecified atom stereocenters. The molecule has 0 bridgehead atoms. The van der Waals surface area contributed by atoms with Crippen molar-refractivity contribution < 1.29 is 0 Å². The fraction of sp³-hybridized carbons (Fsp3) is 0.267. The second-order valence-corrected chi connectivity index (χ2v) is 4.92. The summed E-state index contributed by atoms with van der Waals surface area (Å²) in [5.41, 5.74) is 4.99. The van der Waals surface area contributed by atoms with Crippen LogP contribution in [0.15, 0.2) is 29.3 Å². The van der Waals surface area contributed by atoms with E-state index in [4.69, 9.17) is 0 Å². The normalized spacial score (nSPS) is 11.8. The van der Waals surface area contributed by atoms with Crippen molar-refractivity contribution in [3.8, 4) is 0 Å². The monoisotopic (exact) mass is 267 g/mol. The van der Waals surface area contributed by atoms with Gasteiger partial charge in [0.05, 0.1) is 28.6 Å². The van der Waals surface area contributed by atoms with Gasteiger partial charge in [0, 0.05) is 14.1 Å². The Hall–Kier alpha value is -2.43. The lowest BCUT2D eigenvalue weighted by atomic mass is 10.3. The number of rotatable bonds is 2. The fourth-order valence-corrected chi connectivity index (χ4v) is 2.35. The number of fused-ring (bicyclic) bond motifs is 1. The Balaban J connectivity index is 2.04. The number of benzene rings is 1. The van der Waals surface area contributed by atoms with Gasteiger partial charge < -0.3 is 4.57 Å². The molecule has 0 amide bonds. The molecule has 20 heavy (non-hydrogen) atoms. The lowest BCUT2D eigenvalue weighted by Gasteiger charge is -1.97. The maximum Gasteiger partial charge on any atom is 0.152 e. The first-order valence-corrected chi connectivity index (χ1v) is 6.53. The Kier molecular flexibility index (Phi) is 2.89. The predicted molar refractivity (Wildman–Crippen MR) is 80.7 cm³/mol. The van der Waals surface area contributed by atoms with Crippen molar-refractivity contribution >= 4 is 22.9 Å². The van der Waals surface area contributed by atoms with Crippen LogP contribution in [-0.4, -0.2) is 25.5 Å². The van der Waals surface area contributed by atoms with Gasteiger partial charge in [-0.25, -0.2) is 9.98 Å². The maximum absolute atomic E-state index is 4.58. The molecule has 0 saturated heterocycles. The van der Waals surface area contributed by atoms with E-state index in [1.54, 1.807) is 6.21 Å². The molecule has 0 fully saturated rings. The van der Waals surface area contributed by atoms with Gasteiger partial charge in [-0.2, -0.15) is 5.10 Å². The minimum absolute atomic E-state index is 0.842. The standard InChI is InChI=1S/C15H17N5/c1-10-15(11(2)20(4)18-10)16-9-14-17-12-7-5-6-8-13(12)19(14)3/h5-9H,1-4H3/b16-9+. The van der Waals surface area contributed by atoms with Crippen LogP contribution in [0.2, 0.25) is 0 Å². The van der Waals surface area contributed by atoms with Gasteiger partial charge >= 0.3 is 0 Å². The summed E-state index contributed by atoms with van der Waals surface area (Å²) in [5.74, 6) is 0.842. The summed E-state index contributed by atoms with van der Waals surface area (Å²) in [4.78, 5) is 9.14. The Bertz CT molecular complexity index is 807. The number of hydrogen-bond acceptors (Lipinski definition) is 3. The van der Waals surface area contributed by atoms with E-state index >= 15 is 0 Å². The molecule has 0 N–H and O–H groups in total. The van der Waals surface area contributed by atoms with Crippen LogP contribution in [0, 0.1) is 13.8 Å². The molecule has 5 nitrogen and oxygen atoms in total. The average molecular weight is 267 g/mol. The molecule has 0 saturated carbocycles. The summed E-state index contributed by atoms with van der Waals surface area (Å²) in [5, 5.41) is 4.36. The Labute approximate surface area is 117 Å². The van der Waals surface area contributed by atoms with Gasteiger partial charge in [0.2, 0.25) is 0 Å². The van der Waals surface area contributed by atoms with Crippen molar-refractivity contribution in [3.05, 3.63) is 41.5 Å². The number of aliphatic imine (C=N–C) groups is 1. The summed E-state index contributed by atoms with van der Waals surface area (Å²) in [7, 11) is 3.93. The predicted octanol–water partition coefficient (Wildman–Crippen LogP) is 2.67. The SMILES string of the molecule is Cc1nn(C)c(C)c1/N=C/c1nc2ccccc2n1C. The molecule has 0 aliphatic heterocycles. The van der Waals surface area contributed by atoms with E-state index in [9.17, 15) is 0 Å². The minimum atomic E-state index is 0.842. The van der Waals surface area contributed by atoms with E-state index in [1.165, 1.54) is 0 Å². The van der Waals surface area contributed by atoms with Crippen LogP contribution in [0.5, 0.6) is 0 Å². The largest absolute Gasteiger partial charge is 0.326 e. The van der Waals surface area contributed by atoms with Crippen molar-refractivity contribution in [1.29, 1.82) is 0 Å². The molecule has 3 rings (SSSR count). The van der Waals surface area contributed by atoms with Gasteiger partial charge in [0.25, 0.3) is 0 Å². The van der Waals surface area contributed by atoms with Gasteiger partial charge in [0.15, 0.2) is 5.82 Å². The summed E-state index contributed by atoms with van der Waals surface area (Å²) >= 11 is 0. The van der Waals surface area contributed by atoms with E-state index in [2.05, 4.69) is 21.1 Å². The molecule has 102 valence electrons. The smallest absolute Gasteiger partial charge is 0.152 e. The van der Waals surface area contributed by atoms with Crippen molar-refractivity contribution in [3.63, 3.8) is 0 Å². The first-order chi connectivity index (χ1) is 9.58. The summed E-state index contributed by atoms with van der Waals surface area (Å²) in [6.07, 6.45) is 1.80. The van der Waals surface area contributed by atoms with E-state index < -0.39 is 0 Å². The highest BCUT2D eigenvalue weighted by Gasteiger charge is 2.09. The summed E-state index contributed by atoms with van der Waals surface area (Å²) in [6.45, 7) is 3.98. The number of nitrogens with zero attached hydrogens (tertiary/aromatic N) is 5. The summed E-state index contributed by atoms with van der Waals surface area (Å²) in [6, 6.07) is 8.07. The first kappa shape index (κ1) is 12.6. The molecule has 0 radical (unpaired) electrons. The van der Waals surface area contributed by atoms with Gasteiger partial charge in [-0.3, -0.25) is 4.68 Å². The Morgan fingerprint density at radius 3 is 2.55 bits per heavy atom. The highest BCUT2D eigenvalue weighted by atomic mass is 15.3. The quantitative estimate of drug-likeness (QED) is 0.670. The molecule has 1 aromatic carbocycles. The van der Waals surface area contributed by atoms with Gasteiger partial charge in [-0.1, -0.05) is 12.1 Å². The minimum Gasteiger partial charge on any atom is -0.326 e. The zero-order valence-electron chi connectivity index (χ0n) is 12.1. The topological polar surface area (TPSA) is 48.0 Å². The van der Waals surface area contributed by atoms with Crippen LogP contribution in [0.4, 0.5) is 5.69 Å². The van der Waals surface area contributed by atoms with Crippen molar-refractivity contribution in [2.75, 3.05) is 0 Å². The second kappa shape index (κ2) is 4.59. The van der Waals surface area contributed by atoms with Crippen LogP contribution < -0.4 is 0 Å². The van der Waals surface area contributed by atoms with E-state index in [0.717, 1.165) is 33.9 Å². The molecule has 0 atom stereocenters. The van der Waals surface area contributed by atoms with Gasteiger partial charge in [-0.05, 0) is 26.0 Å².